The van der Waals surface area contributed by atoms with Gasteiger partial charge in [0.15, 0.2) is 0 Å². The highest BCUT2D eigenvalue weighted by Crippen LogP contribution is 2.61. The molecular formula is C63H45N. The second-order valence-electron chi connectivity index (χ2n) is 16.8. The van der Waals surface area contributed by atoms with Crippen LogP contribution in [-0.4, -0.2) is 0 Å². The van der Waals surface area contributed by atoms with Gasteiger partial charge in [0, 0.05) is 16.8 Å². The molecule has 2 aliphatic rings. The Morgan fingerprint density at radius 2 is 0.797 bits per heavy atom. The average Bonchev–Trinajstić information content (AvgIpc) is 3.89. The van der Waals surface area contributed by atoms with Crippen LogP contribution in [0.5, 0.6) is 0 Å². The van der Waals surface area contributed by atoms with Crippen molar-refractivity contribution in [1.29, 1.82) is 0 Å². The summed E-state index contributed by atoms with van der Waals surface area (Å²) < 4.78 is 44.8. The van der Waals surface area contributed by atoms with E-state index in [1.54, 1.807) is 0 Å². The van der Waals surface area contributed by atoms with E-state index in [1.165, 1.54) is 27.8 Å². The van der Waals surface area contributed by atoms with Crippen LogP contribution in [0, 0.1) is 6.92 Å². The standard InChI is InChI=1S/C63H45N/c1-44-23-20-39-56-60(44)52-35-14-17-37-54(52)63(56,48-30-12-5-13-31-48)49-32-21-33-50(43-49)64(58-41-19-16-34-51(58)45-24-6-2-7-25-45)59-42-22-40-57-61(59)53-36-15-18-38-55(53)62(57,46-26-8-3-9-27-46)47-28-10-4-11-29-47/h2-43H,1H3/i2D,6D,7D,24D,25D. The number of benzene rings is 10. The third-order valence-electron chi connectivity index (χ3n) is 13.6. The summed E-state index contributed by atoms with van der Waals surface area (Å²) in [6.07, 6.45) is 0. The molecule has 1 nitrogen and oxygen atoms in total. The fourth-order valence-electron chi connectivity index (χ4n) is 11.2. The molecule has 0 aliphatic heterocycles. The van der Waals surface area contributed by atoms with Gasteiger partial charge in [0.25, 0.3) is 0 Å². The fourth-order valence-corrected chi connectivity index (χ4v) is 11.2. The molecular weight excluding hydrogens is 771 g/mol. The highest BCUT2D eigenvalue weighted by Gasteiger charge is 2.49. The highest BCUT2D eigenvalue weighted by molar-refractivity contribution is 6.00. The Morgan fingerprint density at radius 1 is 0.359 bits per heavy atom. The normalized spacial score (nSPS) is 16.2. The summed E-state index contributed by atoms with van der Waals surface area (Å²) in [4.78, 5) is 2.26. The van der Waals surface area contributed by atoms with Gasteiger partial charge in [-0.2, -0.15) is 0 Å². The first-order chi connectivity index (χ1) is 33.8. The van der Waals surface area contributed by atoms with Crippen LogP contribution in [0.4, 0.5) is 17.1 Å². The highest BCUT2D eigenvalue weighted by atomic mass is 15.1. The van der Waals surface area contributed by atoms with Crippen LogP contribution in [0.3, 0.4) is 0 Å². The second-order valence-corrected chi connectivity index (χ2v) is 16.8. The van der Waals surface area contributed by atoms with Crippen molar-refractivity contribution in [3.63, 3.8) is 0 Å². The van der Waals surface area contributed by atoms with Crippen molar-refractivity contribution < 1.29 is 6.85 Å². The van der Waals surface area contributed by atoms with Crippen molar-refractivity contribution in [3.05, 3.63) is 305 Å². The quantitative estimate of drug-likeness (QED) is 0.148. The molecule has 10 aromatic rings. The van der Waals surface area contributed by atoms with Gasteiger partial charge in [-0.3, -0.25) is 0 Å². The summed E-state index contributed by atoms with van der Waals surface area (Å²) in [5.41, 5.74) is 16.7. The van der Waals surface area contributed by atoms with Gasteiger partial charge in [0.2, 0.25) is 0 Å². The Morgan fingerprint density at radius 3 is 1.42 bits per heavy atom. The average molecular weight is 821 g/mol. The lowest BCUT2D eigenvalue weighted by molar-refractivity contribution is 0.767. The number of nitrogens with zero attached hydrogens (tertiary/aromatic N) is 1. The van der Waals surface area contributed by atoms with E-state index in [0.717, 1.165) is 55.9 Å². The molecule has 0 bridgehead atoms. The van der Waals surface area contributed by atoms with E-state index in [9.17, 15) is 2.74 Å². The number of anilines is 3. The Balaban J connectivity index is 1.21. The van der Waals surface area contributed by atoms with Crippen molar-refractivity contribution in [3.8, 4) is 33.4 Å². The van der Waals surface area contributed by atoms with Crippen molar-refractivity contribution in [2.75, 3.05) is 4.90 Å². The maximum Gasteiger partial charge on any atom is 0.0714 e. The first kappa shape index (κ1) is 32.7. The van der Waals surface area contributed by atoms with Crippen LogP contribution >= 0.6 is 0 Å². The molecule has 0 spiro atoms. The Bertz CT molecular complexity index is 3580. The zero-order valence-electron chi connectivity index (χ0n) is 40.3. The number of rotatable bonds is 8. The molecule has 0 fully saturated rings. The molecule has 12 rings (SSSR count). The molecule has 1 atom stereocenters. The number of fused-ring (bicyclic) bond motifs is 6. The molecule has 0 heterocycles. The first-order valence-corrected chi connectivity index (χ1v) is 21.9. The van der Waals surface area contributed by atoms with Gasteiger partial charge >= 0.3 is 0 Å². The molecule has 64 heavy (non-hydrogen) atoms. The van der Waals surface area contributed by atoms with Crippen molar-refractivity contribution in [1.82, 2.24) is 0 Å². The molecule has 0 amide bonds. The van der Waals surface area contributed by atoms with Gasteiger partial charge < -0.3 is 4.90 Å². The molecule has 0 aromatic heterocycles. The minimum atomic E-state index is -0.700. The Hall–Kier alpha value is -8.00. The van der Waals surface area contributed by atoms with Gasteiger partial charge in [0.05, 0.1) is 29.1 Å². The van der Waals surface area contributed by atoms with Crippen molar-refractivity contribution >= 4 is 17.1 Å². The Labute approximate surface area is 383 Å². The van der Waals surface area contributed by atoms with Gasteiger partial charge in [-0.1, -0.05) is 230 Å². The molecule has 0 saturated carbocycles. The minimum absolute atomic E-state index is 0.142. The molecule has 0 N–H and O–H groups in total. The van der Waals surface area contributed by atoms with E-state index in [1.807, 2.05) is 24.3 Å². The van der Waals surface area contributed by atoms with E-state index in [4.69, 9.17) is 4.11 Å². The van der Waals surface area contributed by atoms with Crippen LogP contribution in [-0.2, 0) is 10.8 Å². The van der Waals surface area contributed by atoms with Gasteiger partial charge in [-0.05, 0) is 104 Å². The molecule has 2 aliphatic carbocycles. The molecule has 302 valence electrons. The van der Waals surface area contributed by atoms with E-state index >= 15 is 0 Å². The smallest absolute Gasteiger partial charge is 0.0714 e. The minimum Gasteiger partial charge on any atom is -0.309 e. The first-order valence-electron chi connectivity index (χ1n) is 24.4. The van der Waals surface area contributed by atoms with Crippen LogP contribution in [0.15, 0.2) is 255 Å². The predicted octanol–water partition coefficient (Wildman–Crippen LogP) is 15.9. The summed E-state index contributed by atoms with van der Waals surface area (Å²) in [6, 6.07) is 77.9. The molecule has 0 saturated heterocycles. The molecule has 0 radical (unpaired) electrons. The van der Waals surface area contributed by atoms with E-state index < -0.39 is 16.9 Å². The Kier molecular flexibility index (Phi) is 7.72. The second kappa shape index (κ2) is 15.1. The van der Waals surface area contributed by atoms with E-state index in [-0.39, 0.29) is 29.7 Å². The SMILES string of the molecule is [2H]c1c([2H])c([2H])c(-c2ccccc2N(c2cccc(C3(c4ccccc4)c4ccccc4-c4c(C)cccc43)c2)c2cccc3c2-c2ccccc2C3(c2ccccc2)c2ccccc2)c([2H])c1[2H]. The van der Waals surface area contributed by atoms with Gasteiger partial charge in [-0.15, -0.1) is 0 Å². The lowest BCUT2D eigenvalue weighted by Crippen LogP contribution is -2.29. The predicted molar refractivity (Wildman–Crippen MR) is 266 cm³/mol. The third kappa shape index (κ3) is 5.44. The van der Waals surface area contributed by atoms with Gasteiger partial charge in [0.1, 0.15) is 0 Å². The van der Waals surface area contributed by atoms with Gasteiger partial charge in [-0.25, -0.2) is 0 Å². The van der Waals surface area contributed by atoms with E-state index in [2.05, 4.69) is 212 Å². The van der Waals surface area contributed by atoms with Crippen molar-refractivity contribution in [2.24, 2.45) is 0 Å². The molecule has 1 heteroatoms. The van der Waals surface area contributed by atoms with Crippen molar-refractivity contribution in [2.45, 2.75) is 17.8 Å². The summed E-state index contributed by atoms with van der Waals surface area (Å²) in [5, 5.41) is 0. The summed E-state index contributed by atoms with van der Waals surface area (Å²) in [7, 11) is 0. The zero-order chi connectivity index (χ0) is 47.0. The third-order valence-corrected chi connectivity index (χ3v) is 13.6. The van der Waals surface area contributed by atoms with Crippen LogP contribution < -0.4 is 4.90 Å². The van der Waals surface area contributed by atoms with Crippen LogP contribution in [0.2, 0.25) is 0 Å². The number of hydrogen-bond donors (Lipinski definition) is 0. The summed E-state index contributed by atoms with van der Waals surface area (Å²) in [6.45, 7) is 2.20. The zero-order valence-corrected chi connectivity index (χ0v) is 35.3. The number of para-hydroxylation sites is 1. The van der Waals surface area contributed by atoms with E-state index in [0.29, 0.717) is 11.3 Å². The monoisotopic (exact) mass is 820 g/mol. The summed E-state index contributed by atoms with van der Waals surface area (Å²) >= 11 is 0. The lowest BCUT2D eigenvalue weighted by atomic mass is 9.67. The van der Waals surface area contributed by atoms with Crippen LogP contribution in [0.25, 0.3) is 33.4 Å². The molecule has 10 aromatic carbocycles. The maximum atomic E-state index is 9.31. The summed E-state index contributed by atoms with van der Waals surface area (Å²) in [5.74, 6) is 0. The number of aryl methyl sites for hydroxylation is 1. The fraction of sp³-hybridized carbons (Fsp3) is 0.0476. The maximum absolute atomic E-state index is 9.31. The molecule has 1 unspecified atom stereocenters. The number of hydrogen-bond acceptors (Lipinski definition) is 1. The van der Waals surface area contributed by atoms with Crippen LogP contribution in [0.1, 0.15) is 56.9 Å². The largest absolute Gasteiger partial charge is 0.309 e. The topological polar surface area (TPSA) is 3.24 Å². The lowest BCUT2D eigenvalue weighted by Gasteiger charge is -2.36.